The van der Waals surface area contributed by atoms with Crippen molar-refractivity contribution in [2.75, 3.05) is 27.9 Å². The van der Waals surface area contributed by atoms with E-state index in [9.17, 15) is 14.7 Å². The fourth-order valence-corrected chi connectivity index (χ4v) is 2.68. The predicted octanol–water partition coefficient (Wildman–Crippen LogP) is -0.227. The molecule has 2 rings (SSSR count). The van der Waals surface area contributed by atoms with Gasteiger partial charge in [0.15, 0.2) is 11.5 Å². The lowest BCUT2D eigenvalue weighted by Gasteiger charge is -2.23. The molecular formula is C15H20N2O6. The zero-order chi connectivity index (χ0) is 17.1. The van der Waals surface area contributed by atoms with Gasteiger partial charge in [0.05, 0.1) is 27.4 Å². The van der Waals surface area contributed by atoms with Crippen LogP contribution in [0.1, 0.15) is 16.8 Å². The van der Waals surface area contributed by atoms with E-state index >= 15 is 0 Å². The van der Waals surface area contributed by atoms with E-state index in [0.717, 1.165) is 0 Å². The zero-order valence-corrected chi connectivity index (χ0v) is 13.2. The number of carbonyl (C=O) groups excluding carboxylic acids is 2. The molecule has 8 heteroatoms. The first-order chi connectivity index (χ1) is 10.9. The molecule has 126 valence electrons. The number of aliphatic hydroxyl groups excluding tert-OH is 1. The summed E-state index contributed by atoms with van der Waals surface area (Å²) in [4.78, 5) is 25.4. The van der Waals surface area contributed by atoms with Crippen molar-refractivity contribution in [3.05, 3.63) is 17.7 Å². The Hall–Kier alpha value is -2.48. The summed E-state index contributed by atoms with van der Waals surface area (Å²) in [6.07, 6.45) is -0.649. The average molecular weight is 324 g/mol. The summed E-state index contributed by atoms with van der Waals surface area (Å²) in [6.45, 7) is 0.0447. The maximum atomic E-state index is 12.7. The summed E-state index contributed by atoms with van der Waals surface area (Å²) in [7, 11) is 4.34. The molecule has 0 spiro atoms. The Bertz CT molecular complexity index is 593. The number of carbonyl (C=O) groups is 2. The van der Waals surface area contributed by atoms with Crippen LogP contribution in [0.5, 0.6) is 17.2 Å². The van der Waals surface area contributed by atoms with Gasteiger partial charge in [-0.2, -0.15) is 0 Å². The van der Waals surface area contributed by atoms with Crippen LogP contribution in [0.15, 0.2) is 12.1 Å². The van der Waals surface area contributed by atoms with Gasteiger partial charge < -0.3 is 30.0 Å². The molecule has 23 heavy (non-hydrogen) atoms. The van der Waals surface area contributed by atoms with Crippen molar-refractivity contribution in [2.24, 2.45) is 5.73 Å². The lowest BCUT2D eigenvalue weighted by molar-refractivity contribution is -0.121. The predicted molar refractivity (Wildman–Crippen MR) is 80.7 cm³/mol. The molecule has 3 N–H and O–H groups in total. The van der Waals surface area contributed by atoms with Crippen LogP contribution in [0, 0.1) is 0 Å². The van der Waals surface area contributed by atoms with Gasteiger partial charge in [-0.25, -0.2) is 0 Å². The van der Waals surface area contributed by atoms with Gasteiger partial charge in [-0.15, -0.1) is 0 Å². The number of amides is 2. The van der Waals surface area contributed by atoms with E-state index in [0.29, 0.717) is 17.2 Å². The molecule has 1 saturated heterocycles. The molecule has 0 aromatic heterocycles. The molecule has 1 heterocycles. The lowest BCUT2D eigenvalue weighted by Crippen LogP contribution is -2.43. The highest BCUT2D eigenvalue weighted by molar-refractivity contribution is 5.98. The minimum absolute atomic E-state index is 0.0447. The summed E-state index contributed by atoms with van der Waals surface area (Å²) in [5.74, 6) is -0.0810. The molecule has 0 bridgehead atoms. The Balaban J connectivity index is 2.41. The molecule has 1 aliphatic rings. The van der Waals surface area contributed by atoms with Crippen molar-refractivity contribution < 1.29 is 28.9 Å². The van der Waals surface area contributed by atoms with Crippen molar-refractivity contribution in [1.29, 1.82) is 0 Å². The smallest absolute Gasteiger partial charge is 0.254 e. The molecule has 2 atom stereocenters. The summed E-state index contributed by atoms with van der Waals surface area (Å²) >= 11 is 0. The van der Waals surface area contributed by atoms with Crippen LogP contribution in [-0.4, -0.2) is 61.8 Å². The van der Waals surface area contributed by atoms with Gasteiger partial charge in [0.25, 0.3) is 5.91 Å². The van der Waals surface area contributed by atoms with E-state index in [1.807, 2.05) is 0 Å². The fraction of sp³-hybridized carbons (Fsp3) is 0.467. The first kappa shape index (κ1) is 16.9. The van der Waals surface area contributed by atoms with Crippen molar-refractivity contribution >= 4 is 11.8 Å². The number of benzene rings is 1. The first-order valence-corrected chi connectivity index (χ1v) is 7.01. The van der Waals surface area contributed by atoms with Crippen LogP contribution in [0.25, 0.3) is 0 Å². The lowest BCUT2D eigenvalue weighted by atomic mass is 10.1. The molecule has 1 fully saturated rings. The van der Waals surface area contributed by atoms with Crippen molar-refractivity contribution in [2.45, 2.75) is 18.6 Å². The Labute approximate surface area is 133 Å². The quantitative estimate of drug-likeness (QED) is 0.774. The Kier molecular flexibility index (Phi) is 4.95. The van der Waals surface area contributed by atoms with E-state index in [1.54, 1.807) is 0 Å². The highest BCUT2D eigenvalue weighted by Gasteiger charge is 2.38. The summed E-state index contributed by atoms with van der Waals surface area (Å²) in [6, 6.07) is 2.15. The van der Waals surface area contributed by atoms with E-state index in [1.165, 1.54) is 38.4 Å². The van der Waals surface area contributed by atoms with Crippen LogP contribution in [0.3, 0.4) is 0 Å². The number of β-amino-alcohol motifs (C(OH)–C–C–N with tert-alkyl or cyclic N) is 1. The second-order valence-corrected chi connectivity index (χ2v) is 5.18. The van der Waals surface area contributed by atoms with E-state index in [-0.39, 0.29) is 18.5 Å². The number of methoxy groups -OCH3 is 3. The number of likely N-dealkylation sites (tertiary alicyclic amines) is 1. The van der Waals surface area contributed by atoms with E-state index < -0.39 is 24.0 Å². The number of hydrogen-bond donors (Lipinski definition) is 2. The normalized spacial score (nSPS) is 20.3. The van der Waals surface area contributed by atoms with Crippen molar-refractivity contribution in [3.63, 3.8) is 0 Å². The topological polar surface area (TPSA) is 111 Å². The van der Waals surface area contributed by atoms with Crippen LogP contribution in [0.4, 0.5) is 0 Å². The molecule has 0 radical (unpaired) electrons. The van der Waals surface area contributed by atoms with Crippen molar-refractivity contribution in [1.82, 2.24) is 4.90 Å². The highest BCUT2D eigenvalue weighted by atomic mass is 16.5. The van der Waals surface area contributed by atoms with Gasteiger partial charge in [-0.3, -0.25) is 9.59 Å². The van der Waals surface area contributed by atoms with Gasteiger partial charge in [-0.05, 0) is 12.1 Å². The number of nitrogens with two attached hydrogens (primary N) is 1. The maximum Gasteiger partial charge on any atom is 0.254 e. The maximum absolute atomic E-state index is 12.7. The number of ether oxygens (including phenoxy) is 3. The number of aliphatic hydroxyl groups is 1. The summed E-state index contributed by atoms with van der Waals surface area (Å²) in [5, 5.41) is 9.73. The third-order valence-electron chi connectivity index (χ3n) is 3.78. The Morgan fingerprint density at radius 3 is 2.17 bits per heavy atom. The van der Waals surface area contributed by atoms with E-state index in [4.69, 9.17) is 19.9 Å². The molecule has 0 saturated carbocycles. The van der Waals surface area contributed by atoms with Gasteiger partial charge in [0.2, 0.25) is 11.7 Å². The molecule has 1 aromatic rings. The Morgan fingerprint density at radius 2 is 1.74 bits per heavy atom. The van der Waals surface area contributed by atoms with Crippen LogP contribution in [-0.2, 0) is 4.79 Å². The van der Waals surface area contributed by atoms with Crippen molar-refractivity contribution in [3.8, 4) is 17.2 Å². The highest BCUT2D eigenvalue weighted by Crippen LogP contribution is 2.38. The summed E-state index contributed by atoms with van der Waals surface area (Å²) < 4.78 is 15.6. The van der Waals surface area contributed by atoms with Gasteiger partial charge >= 0.3 is 0 Å². The Morgan fingerprint density at radius 1 is 1.17 bits per heavy atom. The fourth-order valence-electron chi connectivity index (χ4n) is 2.68. The molecule has 1 aliphatic heterocycles. The molecule has 2 amide bonds. The molecular weight excluding hydrogens is 304 g/mol. The minimum atomic E-state index is -0.836. The van der Waals surface area contributed by atoms with Crippen LogP contribution >= 0.6 is 0 Å². The second-order valence-electron chi connectivity index (χ2n) is 5.18. The van der Waals surface area contributed by atoms with Crippen LogP contribution < -0.4 is 19.9 Å². The monoisotopic (exact) mass is 324 g/mol. The van der Waals surface area contributed by atoms with Gasteiger partial charge in [-0.1, -0.05) is 0 Å². The molecule has 0 aliphatic carbocycles. The first-order valence-electron chi connectivity index (χ1n) is 7.01. The SMILES string of the molecule is COc1cc(C(=O)N2CC(O)CC2C(N)=O)cc(OC)c1OC. The molecule has 2 unspecified atom stereocenters. The van der Waals surface area contributed by atoms with E-state index in [2.05, 4.69) is 0 Å². The van der Waals surface area contributed by atoms with Gasteiger partial charge in [0, 0.05) is 18.5 Å². The third-order valence-corrected chi connectivity index (χ3v) is 3.78. The largest absolute Gasteiger partial charge is 0.493 e. The molecule has 8 nitrogen and oxygen atoms in total. The average Bonchev–Trinajstić information content (AvgIpc) is 2.94. The third kappa shape index (κ3) is 3.16. The number of rotatable bonds is 5. The van der Waals surface area contributed by atoms with Crippen LogP contribution in [0.2, 0.25) is 0 Å². The molecule has 1 aromatic carbocycles. The number of hydrogen-bond acceptors (Lipinski definition) is 6. The standard InChI is InChI=1S/C15H20N2O6/c1-21-11-4-8(5-12(22-2)13(11)23-3)15(20)17-7-9(18)6-10(17)14(16)19/h4-5,9-10,18H,6-7H2,1-3H3,(H2,16,19). The second kappa shape index (κ2) is 6.74. The number of primary amides is 1. The zero-order valence-electron chi connectivity index (χ0n) is 13.2. The number of nitrogens with zero attached hydrogens (tertiary/aromatic N) is 1. The summed E-state index contributed by atoms with van der Waals surface area (Å²) in [5.41, 5.74) is 5.56. The minimum Gasteiger partial charge on any atom is -0.493 e. The van der Waals surface area contributed by atoms with Gasteiger partial charge in [0.1, 0.15) is 6.04 Å².